The third kappa shape index (κ3) is 5.67. The van der Waals surface area contributed by atoms with Crippen LogP contribution in [0, 0.1) is 5.92 Å². The first kappa shape index (κ1) is 24.5. The van der Waals surface area contributed by atoms with E-state index in [-0.39, 0.29) is 17.8 Å². The number of carbonyl (C=O) groups is 3. The molecule has 0 aromatic rings. The van der Waals surface area contributed by atoms with Crippen molar-refractivity contribution in [2.45, 2.75) is 110 Å². The van der Waals surface area contributed by atoms with E-state index in [2.05, 4.69) is 0 Å². The molecule has 0 bridgehead atoms. The molecule has 0 aliphatic carbocycles. The SMILES string of the molecule is CC(C)C[C@@H](C(=O)OC(C)(C)C)N1CCC[C@]2(CCCN2C(=O)OC(C)(C)C)C1=O. The van der Waals surface area contributed by atoms with Gasteiger partial charge in [-0.25, -0.2) is 9.59 Å². The molecule has 0 saturated carbocycles. The summed E-state index contributed by atoms with van der Waals surface area (Å²) in [4.78, 5) is 43.0. The molecule has 0 radical (unpaired) electrons. The van der Waals surface area contributed by atoms with Crippen LogP contribution in [0.1, 0.15) is 87.5 Å². The van der Waals surface area contributed by atoms with E-state index in [4.69, 9.17) is 9.47 Å². The Hall–Kier alpha value is -1.79. The zero-order valence-electron chi connectivity index (χ0n) is 20.0. The lowest BCUT2D eigenvalue weighted by molar-refractivity contribution is -0.170. The van der Waals surface area contributed by atoms with E-state index in [1.165, 1.54) is 0 Å². The number of piperidine rings is 1. The average Bonchev–Trinajstić information content (AvgIpc) is 2.97. The Balaban J connectivity index is 2.32. The summed E-state index contributed by atoms with van der Waals surface area (Å²) in [6.45, 7) is 16.0. The van der Waals surface area contributed by atoms with E-state index in [0.29, 0.717) is 32.4 Å². The Morgan fingerprint density at radius 2 is 1.50 bits per heavy atom. The summed E-state index contributed by atoms with van der Waals surface area (Å²) in [5.41, 5.74) is -2.18. The van der Waals surface area contributed by atoms with Crippen LogP contribution in [0.4, 0.5) is 4.79 Å². The highest BCUT2D eigenvalue weighted by molar-refractivity contribution is 5.94. The molecule has 7 nitrogen and oxygen atoms in total. The van der Waals surface area contributed by atoms with E-state index >= 15 is 0 Å². The third-order valence-corrected chi connectivity index (χ3v) is 5.50. The van der Waals surface area contributed by atoms with Crippen LogP contribution in [0.5, 0.6) is 0 Å². The maximum Gasteiger partial charge on any atom is 0.411 e. The lowest BCUT2D eigenvalue weighted by Gasteiger charge is -2.46. The molecule has 2 rings (SSSR count). The van der Waals surface area contributed by atoms with Crippen LogP contribution in [0.3, 0.4) is 0 Å². The lowest BCUT2D eigenvalue weighted by atomic mass is 9.84. The molecular weight excluding hydrogens is 384 g/mol. The van der Waals surface area contributed by atoms with Crippen molar-refractivity contribution in [3.05, 3.63) is 0 Å². The molecule has 2 aliphatic heterocycles. The van der Waals surface area contributed by atoms with E-state index in [0.717, 1.165) is 12.8 Å². The zero-order chi connectivity index (χ0) is 22.9. The molecule has 0 aromatic heterocycles. The Kier molecular flexibility index (Phi) is 7.14. The van der Waals surface area contributed by atoms with Crippen molar-refractivity contribution in [2.75, 3.05) is 13.1 Å². The van der Waals surface area contributed by atoms with E-state index in [1.54, 1.807) is 9.80 Å². The number of amides is 2. The second-order valence-corrected chi connectivity index (χ2v) is 11.0. The minimum Gasteiger partial charge on any atom is -0.458 e. The fourth-order valence-corrected chi connectivity index (χ4v) is 4.43. The van der Waals surface area contributed by atoms with Gasteiger partial charge >= 0.3 is 12.1 Å². The smallest absolute Gasteiger partial charge is 0.411 e. The first-order valence-corrected chi connectivity index (χ1v) is 11.2. The Morgan fingerprint density at radius 1 is 0.967 bits per heavy atom. The normalized spacial score (nSPS) is 23.8. The minimum absolute atomic E-state index is 0.145. The van der Waals surface area contributed by atoms with Crippen LogP contribution in [0.25, 0.3) is 0 Å². The molecule has 2 heterocycles. The van der Waals surface area contributed by atoms with Gasteiger partial charge in [0.25, 0.3) is 0 Å². The molecule has 2 aliphatic rings. The summed E-state index contributed by atoms with van der Waals surface area (Å²) >= 11 is 0. The number of nitrogens with zero attached hydrogens (tertiary/aromatic N) is 2. The van der Waals surface area contributed by atoms with Gasteiger partial charge in [0.2, 0.25) is 5.91 Å². The van der Waals surface area contributed by atoms with Crippen molar-refractivity contribution in [2.24, 2.45) is 5.92 Å². The van der Waals surface area contributed by atoms with E-state index in [1.807, 2.05) is 55.4 Å². The molecule has 1 spiro atoms. The molecule has 2 saturated heterocycles. The molecule has 30 heavy (non-hydrogen) atoms. The summed E-state index contributed by atoms with van der Waals surface area (Å²) in [6.07, 6.45) is 2.77. The Morgan fingerprint density at radius 3 is 2.00 bits per heavy atom. The van der Waals surface area contributed by atoms with E-state index in [9.17, 15) is 14.4 Å². The maximum absolute atomic E-state index is 13.8. The third-order valence-electron chi connectivity index (χ3n) is 5.50. The lowest BCUT2D eigenvalue weighted by Crippen LogP contribution is -2.64. The largest absolute Gasteiger partial charge is 0.458 e. The van der Waals surface area contributed by atoms with Gasteiger partial charge in [0, 0.05) is 13.1 Å². The van der Waals surface area contributed by atoms with Crippen molar-refractivity contribution in [3.8, 4) is 0 Å². The van der Waals surface area contributed by atoms with Crippen LogP contribution >= 0.6 is 0 Å². The van der Waals surface area contributed by atoms with Crippen LogP contribution in [0.2, 0.25) is 0 Å². The number of rotatable bonds is 4. The summed E-state index contributed by atoms with van der Waals surface area (Å²) in [7, 11) is 0. The van der Waals surface area contributed by atoms with Gasteiger partial charge in [-0.1, -0.05) is 13.8 Å². The van der Waals surface area contributed by atoms with Gasteiger partial charge in [0.05, 0.1) is 0 Å². The quantitative estimate of drug-likeness (QED) is 0.634. The molecule has 2 atom stereocenters. The van der Waals surface area contributed by atoms with Crippen molar-refractivity contribution >= 4 is 18.0 Å². The zero-order valence-corrected chi connectivity index (χ0v) is 20.0. The fraction of sp³-hybridized carbons (Fsp3) is 0.870. The number of ether oxygens (including phenoxy) is 2. The molecule has 172 valence electrons. The van der Waals surface area contributed by atoms with Gasteiger partial charge in [-0.2, -0.15) is 0 Å². The van der Waals surface area contributed by atoms with Crippen LogP contribution < -0.4 is 0 Å². The number of likely N-dealkylation sites (tertiary alicyclic amines) is 2. The summed E-state index contributed by atoms with van der Waals surface area (Å²) in [5, 5.41) is 0. The predicted octanol–water partition coefficient (Wildman–Crippen LogP) is 4.13. The Labute approximate surface area is 181 Å². The molecule has 0 unspecified atom stereocenters. The number of esters is 1. The maximum atomic E-state index is 13.8. The van der Waals surface area contributed by atoms with Crippen LogP contribution in [-0.2, 0) is 19.1 Å². The summed E-state index contributed by atoms with van der Waals surface area (Å²) in [6, 6.07) is -0.644. The fourth-order valence-electron chi connectivity index (χ4n) is 4.43. The second kappa shape index (κ2) is 8.75. The van der Waals surface area contributed by atoms with Crippen molar-refractivity contribution in [1.29, 1.82) is 0 Å². The average molecular weight is 425 g/mol. The molecule has 0 N–H and O–H groups in total. The van der Waals surface area contributed by atoms with Gasteiger partial charge in [0.15, 0.2) is 0 Å². The summed E-state index contributed by atoms with van der Waals surface area (Å²) in [5.74, 6) is -0.296. The van der Waals surface area contributed by atoms with E-state index < -0.39 is 28.9 Å². The molecule has 7 heteroatoms. The van der Waals surface area contributed by atoms with Crippen molar-refractivity contribution in [3.63, 3.8) is 0 Å². The highest BCUT2D eigenvalue weighted by Gasteiger charge is 2.55. The van der Waals surface area contributed by atoms with Gasteiger partial charge < -0.3 is 14.4 Å². The number of carbonyl (C=O) groups excluding carboxylic acids is 3. The first-order chi connectivity index (χ1) is 13.7. The van der Waals surface area contributed by atoms with Crippen molar-refractivity contribution in [1.82, 2.24) is 9.80 Å². The van der Waals surface area contributed by atoms with Gasteiger partial charge in [0.1, 0.15) is 22.8 Å². The van der Waals surface area contributed by atoms with Gasteiger partial charge in [-0.15, -0.1) is 0 Å². The first-order valence-electron chi connectivity index (χ1n) is 11.2. The topological polar surface area (TPSA) is 76.2 Å². The van der Waals surface area contributed by atoms with Crippen LogP contribution in [-0.4, -0.2) is 63.6 Å². The molecule has 2 fully saturated rings. The number of hydrogen-bond donors (Lipinski definition) is 0. The Bertz CT molecular complexity index is 661. The highest BCUT2D eigenvalue weighted by atomic mass is 16.6. The van der Waals surface area contributed by atoms with Gasteiger partial charge in [-0.05, 0) is 79.6 Å². The van der Waals surface area contributed by atoms with Crippen molar-refractivity contribution < 1.29 is 23.9 Å². The molecular formula is C23H40N2O5. The highest BCUT2D eigenvalue weighted by Crippen LogP contribution is 2.40. The number of hydrogen-bond acceptors (Lipinski definition) is 5. The molecule has 2 amide bonds. The van der Waals surface area contributed by atoms with Crippen LogP contribution in [0.15, 0.2) is 0 Å². The molecule has 0 aromatic carbocycles. The standard InChI is InChI=1S/C23H40N2O5/c1-16(2)15-17(18(26)29-21(3,4)5)24-13-9-11-23(19(24)27)12-10-14-25(23)20(28)30-22(6,7)8/h16-17H,9-15H2,1-8H3/t17-,23-/m0/s1. The minimum atomic E-state index is -0.919. The summed E-state index contributed by atoms with van der Waals surface area (Å²) < 4.78 is 11.3. The monoisotopic (exact) mass is 424 g/mol. The second-order valence-electron chi connectivity index (χ2n) is 11.0. The van der Waals surface area contributed by atoms with Gasteiger partial charge in [-0.3, -0.25) is 9.69 Å². The predicted molar refractivity (Wildman–Crippen MR) is 115 cm³/mol.